The van der Waals surface area contributed by atoms with Crippen LogP contribution in [0, 0.1) is 0 Å². The molecule has 5 heteroatoms. The molecular weight excluding hydrogens is 298 g/mol. The largest absolute Gasteiger partial charge is 0.324 e. The zero-order valence-electron chi connectivity index (χ0n) is 9.19. The second-order valence-electron chi connectivity index (χ2n) is 4.19. The molecule has 0 spiro atoms. The molecule has 1 atom stereocenters. The van der Waals surface area contributed by atoms with E-state index in [9.17, 15) is 0 Å². The number of fused-ring (bicyclic) bond motifs is 1. The summed E-state index contributed by atoms with van der Waals surface area (Å²) in [5.74, 6) is 0.805. The van der Waals surface area contributed by atoms with Gasteiger partial charge in [0.25, 0.3) is 0 Å². The number of thiophene rings is 1. The predicted molar refractivity (Wildman–Crippen MR) is 72.9 cm³/mol. The Bertz CT molecular complexity index is 552. The summed E-state index contributed by atoms with van der Waals surface area (Å²) >= 11 is 5.17. The van der Waals surface area contributed by atoms with Crippen molar-refractivity contribution < 1.29 is 0 Å². The number of nitrogens with two attached hydrogens (primary N) is 1. The van der Waals surface area contributed by atoms with Gasteiger partial charge in [0.05, 0.1) is 4.88 Å². The zero-order chi connectivity index (χ0) is 11.8. The summed E-state index contributed by atoms with van der Waals surface area (Å²) < 4.78 is 1.06. The first kappa shape index (κ1) is 11.3. The third-order valence-electron chi connectivity index (χ3n) is 3.05. The smallest absolute Gasteiger partial charge is 0.170 e. The normalized spacial score (nSPS) is 19.1. The molecule has 2 N–H and O–H groups in total. The maximum Gasteiger partial charge on any atom is 0.170 e. The highest BCUT2D eigenvalue weighted by Crippen LogP contribution is 2.33. The molecule has 0 saturated carbocycles. The minimum Gasteiger partial charge on any atom is -0.324 e. The molecule has 0 radical (unpaired) electrons. The highest BCUT2D eigenvalue weighted by Gasteiger charge is 2.20. The van der Waals surface area contributed by atoms with Crippen molar-refractivity contribution in [3.63, 3.8) is 0 Å². The summed E-state index contributed by atoms with van der Waals surface area (Å²) in [6.45, 7) is 0. The van der Waals surface area contributed by atoms with Gasteiger partial charge in [-0.1, -0.05) is 0 Å². The highest BCUT2D eigenvalue weighted by molar-refractivity contribution is 9.10. The van der Waals surface area contributed by atoms with Crippen molar-refractivity contribution in [2.45, 2.75) is 25.3 Å². The van der Waals surface area contributed by atoms with E-state index in [1.807, 2.05) is 17.6 Å². The van der Waals surface area contributed by atoms with Crippen LogP contribution in [0.3, 0.4) is 0 Å². The second-order valence-corrected chi connectivity index (χ2v) is 5.96. The maximum atomic E-state index is 6.06. The summed E-state index contributed by atoms with van der Waals surface area (Å²) in [5, 5.41) is 2.04. The van der Waals surface area contributed by atoms with Crippen molar-refractivity contribution in [2.75, 3.05) is 0 Å². The Morgan fingerprint density at radius 2 is 2.35 bits per heavy atom. The lowest BCUT2D eigenvalue weighted by Gasteiger charge is -2.20. The van der Waals surface area contributed by atoms with Crippen molar-refractivity contribution >= 4 is 27.3 Å². The van der Waals surface area contributed by atoms with Gasteiger partial charge in [-0.25, -0.2) is 9.97 Å². The average Bonchev–Trinajstić information content (AvgIpc) is 2.75. The molecule has 17 heavy (non-hydrogen) atoms. The molecule has 88 valence electrons. The van der Waals surface area contributed by atoms with Crippen molar-refractivity contribution in [3.8, 4) is 10.7 Å². The van der Waals surface area contributed by atoms with Gasteiger partial charge in [0.1, 0.15) is 0 Å². The SMILES string of the molecule is NC1CCCc2nc(-c3sccc3Br)ncc21. The summed E-state index contributed by atoms with van der Waals surface area (Å²) in [4.78, 5) is 10.2. The van der Waals surface area contributed by atoms with E-state index in [4.69, 9.17) is 5.73 Å². The van der Waals surface area contributed by atoms with Gasteiger partial charge in [-0.2, -0.15) is 0 Å². The van der Waals surface area contributed by atoms with Crippen LogP contribution in [-0.4, -0.2) is 9.97 Å². The fourth-order valence-electron chi connectivity index (χ4n) is 2.14. The molecule has 0 fully saturated rings. The van der Waals surface area contributed by atoms with Crippen LogP contribution in [0.5, 0.6) is 0 Å². The van der Waals surface area contributed by atoms with Crippen molar-refractivity contribution in [3.05, 3.63) is 33.4 Å². The number of nitrogens with zero attached hydrogens (tertiary/aromatic N) is 2. The molecule has 1 aliphatic carbocycles. The van der Waals surface area contributed by atoms with Crippen LogP contribution in [-0.2, 0) is 6.42 Å². The quantitative estimate of drug-likeness (QED) is 0.879. The van der Waals surface area contributed by atoms with Crippen LogP contribution in [0.1, 0.15) is 30.1 Å². The molecule has 1 unspecified atom stereocenters. The van der Waals surface area contributed by atoms with E-state index >= 15 is 0 Å². The fourth-order valence-corrected chi connectivity index (χ4v) is 3.63. The van der Waals surface area contributed by atoms with Crippen LogP contribution in [0.2, 0.25) is 0 Å². The zero-order valence-corrected chi connectivity index (χ0v) is 11.6. The monoisotopic (exact) mass is 309 g/mol. The molecule has 0 amide bonds. The van der Waals surface area contributed by atoms with Crippen LogP contribution in [0.15, 0.2) is 22.1 Å². The lowest BCUT2D eigenvalue weighted by Crippen LogP contribution is -2.19. The van der Waals surface area contributed by atoms with E-state index in [0.29, 0.717) is 0 Å². The van der Waals surface area contributed by atoms with E-state index in [2.05, 4.69) is 25.9 Å². The lowest BCUT2D eigenvalue weighted by molar-refractivity contribution is 0.557. The van der Waals surface area contributed by atoms with Gasteiger partial charge in [0.15, 0.2) is 5.82 Å². The third-order valence-corrected chi connectivity index (χ3v) is 4.88. The average molecular weight is 310 g/mol. The first-order chi connectivity index (χ1) is 8.25. The number of hydrogen-bond donors (Lipinski definition) is 1. The first-order valence-corrected chi connectivity index (χ1v) is 7.27. The second kappa shape index (κ2) is 4.48. The molecule has 0 saturated heterocycles. The minimum atomic E-state index is 0.111. The summed E-state index contributed by atoms with van der Waals surface area (Å²) in [6.07, 6.45) is 5.07. The minimum absolute atomic E-state index is 0.111. The van der Waals surface area contributed by atoms with Gasteiger partial charge in [-0.05, 0) is 46.6 Å². The van der Waals surface area contributed by atoms with E-state index in [1.54, 1.807) is 11.3 Å². The predicted octanol–water partition coefficient (Wildman–Crippen LogP) is 3.30. The molecule has 2 heterocycles. The van der Waals surface area contributed by atoms with Gasteiger partial charge < -0.3 is 5.73 Å². The molecule has 3 rings (SSSR count). The maximum absolute atomic E-state index is 6.06. The number of hydrogen-bond acceptors (Lipinski definition) is 4. The Labute approximate surface area is 112 Å². The van der Waals surface area contributed by atoms with Gasteiger partial charge in [0, 0.05) is 28.0 Å². The Kier molecular flexibility index (Phi) is 2.98. The Morgan fingerprint density at radius 1 is 1.47 bits per heavy atom. The molecule has 0 aromatic carbocycles. The topological polar surface area (TPSA) is 51.8 Å². The molecule has 2 aromatic heterocycles. The van der Waals surface area contributed by atoms with Gasteiger partial charge in [-0.3, -0.25) is 0 Å². The Hall–Kier alpha value is -0.780. The molecule has 1 aliphatic rings. The van der Waals surface area contributed by atoms with E-state index < -0.39 is 0 Å². The number of aryl methyl sites for hydroxylation is 1. The standard InChI is InChI=1S/C12H12BrN3S/c13-8-4-5-17-11(8)12-15-6-7-9(14)2-1-3-10(7)16-12/h4-6,9H,1-3,14H2. The summed E-state index contributed by atoms with van der Waals surface area (Å²) in [5.41, 5.74) is 8.30. The molecular formula is C12H12BrN3S. The van der Waals surface area contributed by atoms with Crippen LogP contribution >= 0.6 is 27.3 Å². The highest BCUT2D eigenvalue weighted by atomic mass is 79.9. The number of aromatic nitrogens is 2. The van der Waals surface area contributed by atoms with Crippen molar-refractivity contribution in [1.82, 2.24) is 9.97 Å². The molecule has 0 bridgehead atoms. The van der Waals surface area contributed by atoms with E-state index in [1.165, 1.54) is 0 Å². The Morgan fingerprint density at radius 3 is 3.12 bits per heavy atom. The summed E-state index contributed by atoms with van der Waals surface area (Å²) in [7, 11) is 0. The first-order valence-electron chi connectivity index (χ1n) is 5.60. The van der Waals surface area contributed by atoms with E-state index in [-0.39, 0.29) is 6.04 Å². The molecule has 0 aliphatic heterocycles. The van der Waals surface area contributed by atoms with Crippen LogP contribution in [0.4, 0.5) is 0 Å². The van der Waals surface area contributed by atoms with Crippen LogP contribution < -0.4 is 5.73 Å². The van der Waals surface area contributed by atoms with Gasteiger partial charge in [0.2, 0.25) is 0 Å². The lowest BCUT2D eigenvalue weighted by atomic mass is 9.93. The van der Waals surface area contributed by atoms with Gasteiger partial charge in [-0.15, -0.1) is 11.3 Å². The molecule has 3 nitrogen and oxygen atoms in total. The Balaban J connectivity index is 2.07. The van der Waals surface area contributed by atoms with Gasteiger partial charge >= 0.3 is 0 Å². The molecule has 2 aromatic rings. The third kappa shape index (κ3) is 2.03. The summed E-state index contributed by atoms with van der Waals surface area (Å²) in [6, 6.07) is 2.13. The van der Waals surface area contributed by atoms with E-state index in [0.717, 1.165) is 45.7 Å². The fraction of sp³-hybridized carbons (Fsp3) is 0.333. The van der Waals surface area contributed by atoms with Crippen molar-refractivity contribution in [2.24, 2.45) is 5.73 Å². The van der Waals surface area contributed by atoms with Crippen molar-refractivity contribution in [1.29, 1.82) is 0 Å². The number of halogens is 1. The number of rotatable bonds is 1. The van der Waals surface area contributed by atoms with Crippen LogP contribution in [0.25, 0.3) is 10.7 Å².